The van der Waals surface area contributed by atoms with Gasteiger partial charge in [-0.3, -0.25) is 4.99 Å². The third kappa shape index (κ3) is 2.08. The fourth-order valence-electron chi connectivity index (χ4n) is 0.988. The van der Waals surface area contributed by atoms with Crippen molar-refractivity contribution in [2.45, 2.75) is 6.54 Å². The molecule has 2 aromatic heterocycles. The molecule has 13 heavy (non-hydrogen) atoms. The van der Waals surface area contributed by atoms with Gasteiger partial charge in [-0.2, -0.15) is 0 Å². The minimum Gasteiger partial charge on any atom is -0.472 e. The van der Waals surface area contributed by atoms with Gasteiger partial charge < -0.3 is 8.83 Å². The number of furan rings is 2. The number of rotatable bonds is 3. The maximum absolute atomic E-state index is 4.91. The summed E-state index contributed by atoms with van der Waals surface area (Å²) in [5.74, 6) is 0. The van der Waals surface area contributed by atoms with Crippen molar-refractivity contribution in [3.63, 3.8) is 0 Å². The van der Waals surface area contributed by atoms with Crippen molar-refractivity contribution in [2.24, 2.45) is 4.99 Å². The van der Waals surface area contributed by atoms with E-state index in [4.69, 9.17) is 8.83 Å². The zero-order valence-corrected chi connectivity index (χ0v) is 7.01. The maximum Gasteiger partial charge on any atom is 0.0990 e. The number of nitrogens with zero attached hydrogens (tertiary/aromatic N) is 1. The van der Waals surface area contributed by atoms with Crippen LogP contribution in [0.2, 0.25) is 0 Å². The van der Waals surface area contributed by atoms with Gasteiger partial charge in [0.25, 0.3) is 0 Å². The van der Waals surface area contributed by atoms with Crippen LogP contribution >= 0.6 is 0 Å². The lowest BCUT2D eigenvalue weighted by Gasteiger charge is -1.85. The predicted octanol–water partition coefficient (Wildman–Crippen LogP) is 2.49. The van der Waals surface area contributed by atoms with Crippen molar-refractivity contribution < 1.29 is 8.83 Å². The molecule has 3 nitrogen and oxygen atoms in total. The minimum absolute atomic E-state index is 0.641. The average Bonchev–Trinajstić information content (AvgIpc) is 2.75. The van der Waals surface area contributed by atoms with Gasteiger partial charge in [0.05, 0.1) is 31.6 Å². The lowest BCUT2D eigenvalue weighted by atomic mass is 10.3. The van der Waals surface area contributed by atoms with Crippen molar-refractivity contribution in [3.05, 3.63) is 48.3 Å². The van der Waals surface area contributed by atoms with E-state index in [1.54, 1.807) is 31.3 Å². The van der Waals surface area contributed by atoms with Gasteiger partial charge in [-0.1, -0.05) is 0 Å². The molecule has 0 spiro atoms. The Balaban J connectivity index is 1.93. The lowest BCUT2D eigenvalue weighted by Crippen LogP contribution is -1.78. The Hall–Kier alpha value is -1.77. The van der Waals surface area contributed by atoms with E-state index >= 15 is 0 Å². The van der Waals surface area contributed by atoms with Gasteiger partial charge in [0.15, 0.2) is 0 Å². The molecule has 0 aliphatic heterocycles. The Kier molecular flexibility index (Phi) is 2.27. The highest BCUT2D eigenvalue weighted by molar-refractivity contribution is 5.78. The van der Waals surface area contributed by atoms with E-state index < -0.39 is 0 Å². The molecule has 2 aromatic rings. The zero-order chi connectivity index (χ0) is 8.93. The summed E-state index contributed by atoms with van der Waals surface area (Å²) in [7, 11) is 0. The summed E-state index contributed by atoms with van der Waals surface area (Å²) in [4.78, 5) is 4.21. The summed E-state index contributed by atoms with van der Waals surface area (Å²) in [6.45, 7) is 0.641. The molecule has 0 bridgehead atoms. The fraction of sp³-hybridized carbons (Fsp3) is 0.100. The van der Waals surface area contributed by atoms with E-state index in [1.165, 1.54) is 0 Å². The molecule has 2 heterocycles. The van der Waals surface area contributed by atoms with Gasteiger partial charge in [0.1, 0.15) is 0 Å². The molecule has 0 N–H and O–H groups in total. The quantitative estimate of drug-likeness (QED) is 0.672. The smallest absolute Gasteiger partial charge is 0.0990 e. The zero-order valence-electron chi connectivity index (χ0n) is 7.01. The highest BCUT2D eigenvalue weighted by atomic mass is 16.3. The molecule has 2 rings (SSSR count). The lowest BCUT2D eigenvalue weighted by molar-refractivity contribution is 0.564. The van der Waals surface area contributed by atoms with Crippen LogP contribution in [0.4, 0.5) is 0 Å². The molecule has 66 valence electrons. The van der Waals surface area contributed by atoms with Crippen LogP contribution in [0.25, 0.3) is 0 Å². The van der Waals surface area contributed by atoms with Crippen LogP contribution in [0, 0.1) is 0 Å². The SMILES string of the molecule is C(=NCc1ccoc1)c1ccoc1. The van der Waals surface area contributed by atoms with Gasteiger partial charge in [-0.15, -0.1) is 0 Å². The Labute approximate surface area is 75.7 Å². The Morgan fingerprint density at radius 2 is 2.00 bits per heavy atom. The third-order valence-corrected chi connectivity index (χ3v) is 1.64. The van der Waals surface area contributed by atoms with Gasteiger partial charge in [-0.25, -0.2) is 0 Å². The molecule has 0 fully saturated rings. The first-order chi connectivity index (χ1) is 6.45. The number of hydrogen-bond acceptors (Lipinski definition) is 3. The molecule has 0 aliphatic carbocycles. The highest BCUT2D eigenvalue weighted by Gasteiger charge is 1.90. The third-order valence-electron chi connectivity index (χ3n) is 1.64. The molecule has 0 amide bonds. The van der Waals surface area contributed by atoms with E-state index in [1.807, 2.05) is 12.1 Å². The molecule has 0 saturated carbocycles. The standard InChI is InChI=1S/C10H9NO2/c1-3-12-7-9(1)5-11-6-10-2-4-13-8-10/h1-5,7-8H,6H2. The Morgan fingerprint density at radius 3 is 2.69 bits per heavy atom. The second-order valence-electron chi connectivity index (χ2n) is 2.66. The van der Waals surface area contributed by atoms with E-state index in [2.05, 4.69) is 4.99 Å². The summed E-state index contributed by atoms with van der Waals surface area (Å²) >= 11 is 0. The van der Waals surface area contributed by atoms with Crippen LogP contribution in [-0.4, -0.2) is 6.21 Å². The van der Waals surface area contributed by atoms with Gasteiger partial charge >= 0.3 is 0 Å². The first-order valence-electron chi connectivity index (χ1n) is 3.98. The van der Waals surface area contributed by atoms with Crippen LogP contribution in [0.1, 0.15) is 11.1 Å². The normalized spacial score (nSPS) is 11.1. The average molecular weight is 175 g/mol. The number of aliphatic imine (C=N–C) groups is 1. The largest absolute Gasteiger partial charge is 0.472 e. The maximum atomic E-state index is 4.91. The van der Waals surface area contributed by atoms with E-state index in [0.717, 1.165) is 11.1 Å². The molecular formula is C10H9NO2. The van der Waals surface area contributed by atoms with Crippen LogP contribution in [0.15, 0.2) is 51.0 Å². The second-order valence-corrected chi connectivity index (χ2v) is 2.66. The monoisotopic (exact) mass is 175 g/mol. The molecule has 0 saturated heterocycles. The van der Waals surface area contributed by atoms with E-state index in [-0.39, 0.29) is 0 Å². The minimum atomic E-state index is 0.641. The summed E-state index contributed by atoms with van der Waals surface area (Å²) < 4.78 is 9.80. The first-order valence-corrected chi connectivity index (χ1v) is 3.98. The summed E-state index contributed by atoms with van der Waals surface area (Å²) in [5, 5.41) is 0. The van der Waals surface area contributed by atoms with Crippen LogP contribution < -0.4 is 0 Å². The highest BCUT2D eigenvalue weighted by Crippen LogP contribution is 2.02. The van der Waals surface area contributed by atoms with Gasteiger partial charge in [-0.05, 0) is 12.1 Å². The summed E-state index contributed by atoms with van der Waals surface area (Å²) in [6, 6.07) is 3.76. The molecule has 3 heteroatoms. The molecular weight excluding hydrogens is 166 g/mol. The molecule has 0 radical (unpaired) electrons. The van der Waals surface area contributed by atoms with Crippen LogP contribution in [0.5, 0.6) is 0 Å². The topological polar surface area (TPSA) is 38.6 Å². The predicted molar refractivity (Wildman–Crippen MR) is 48.7 cm³/mol. The Morgan fingerprint density at radius 1 is 1.15 bits per heavy atom. The molecule has 0 aromatic carbocycles. The van der Waals surface area contributed by atoms with Gasteiger partial charge in [0, 0.05) is 17.3 Å². The molecule has 0 atom stereocenters. The van der Waals surface area contributed by atoms with Crippen molar-refractivity contribution in [2.75, 3.05) is 0 Å². The molecule has 0 unspecified atom stereocenters. The summed E-state index contributed by atoms with van der Waals surface area (Å²) in [6.07, 6.45) is 8.38. The van der Waals surface area contributed by atoms with E-state index in [9.17, 15) is 0 Å². The fourth-order valence-corrected chi connectivity index (χ4v) is 0.988. The molecule has 0 aliphatic rings. The van der Waals surface area contributed by atoms with Crippen LogP contribution in [0.3, 0.4) is 0 Å². The van der Waals surface area contributed by atoms with E-state index in [0.29, 0.717) is 6.54 Å². The summed E-state index contributed by atoms with van der Waals surface area (Å²) in [5.41, 5.74) is 2.04. The number of hydrogen-bond donors (Lipinski definition) is 0. The van der Waals surface area contributed by atoms with Crippen LogP contribution in [-0.2, 0) is 6.54 Å². The van der Waals surface area contributed by atoms with Crippen molar-refractivity contribution in [3.8, 4) is 0 Å². The van der Waals surface area contributed by atoms with Crippen molar-refractivity contribution in [1.29, 1.82) is 0 Å². The van der Waals surface area contributed by atoms with Crippen molar-refractivity contribution >= 4 is 6.21 Å². The van der Waals surface area contributed by atoms with Gasteiger partial charge in [0.2, 0.25) is 0 Å². The first kappa shape index (κ1) is 7.86. The van der Waals surface area contributed by atoms with Crippen molar-refractivity contribution in [1.82, 2.24) is 0 Å². The Bertz CT molecular complexity index is 360. The second kappa shape index (κ2) is 3.76.